The largest absolute Gasteiger partial charge is 0.409 e. The van der Waals surface area contributed by atoms with Gasteiger partial charge in [-0.25, -0.2) is 0 Å². The SMILES string of the molecule is CC1CCN(Cc2ccnc(/C(N)=N/O)c2)CC1O. The minimum Gasteiger partial charge on any atom is -0.409 e. The van der Waals surface area contributed by atoms with Gasteiger partial charge in [-0.15, -0.1) is 0 Å². The van der Waals surface area contributed by atoms with Gasteiger partial charge in [0.2, 0.25) is 0 Å². The number of piperidine rings is 1. The molecular formula is C13H20N4O2. The van der Waals surface area contributed by atoms with Crippen molar-refractivity contribution in [2.75, 3.05) is 13.1 Å². The molecular weight excluding hydrogens is 244 g/mol. The van der Waals surface area contributed by atoms with Gasteiger partial charge in [0.05, 0.1) is 6.10 Å². The first-order chi connectivity index (χ1) is 9.10. The molecule has 2 unspecified atom stereocenters. The molecule has 1 fully saturated rings. The van der Waals surface area contributed by atoms with Crippen molar-refractivity contribution in [1.29, 1.82) is 0 Å². The van der Waals surface area contributed by atoms with Gasteiger partial charge in [-0.1, -0.05) is 12.1 Å². The van der Waals surface area contributed by atoms with E-state index in [2.05, 4.69) is 22.0 Å². The van der Waals surface area contributed by atoms with Crippen molar-refractivity contribution in [3.8, 4) is 0 Å². The molecule has 2 heterocycles. The fourth-order valence-corrected chi connectivity index (χ4v) is 2.28. The van der Waals surface area contributed by atoms with Crippen LogP contribution in [-0.2, 0) is 6.54 Å². The molecule has 104 valence electrons. The highest BCUT2D eigenvalue weighted by molar-refractivity contribution is 5.95. The summed E-state index contributed by atoms with van der Waals surface area (Å²) in [7, 11) is 0. The van der Waals surface area contributed by atoms with E-state index in [1.807, 2.05) is 6.07 Å². The Morgan fingerprint density at radius 1 is 1.63 bits per heavy atom. The van der Waals surface area contributed by atoms with Crippen LogP contribution in [0.4, 0.5) is 0 Å². The van der Waals surface area contributed by atoms with Crippen LogP contribution in [-0.4, -0.2) is 45.2 Å². The van der Waals surface area contributed by atoms with Crippen molar-refractivity contribution in [3.63, 3.8) is 0 Å². The molecule has 19 heavy (non-hydrogen) atoms. The van der Waals surface area contributed by atoms with Crippen molar-refractivity contribution < 1.29 is 10.3 Å². The van der Waals surface area contributed by atoms with Gasteiger partial charge in [-0.3, -0.25) is 9.88 Å². The van der Waals surface area contributed by atoms with Crippen molar-refractivity contribution in [2.45, 2.75) is 26.0 Å². The van der Waals surface area contributed by atoms with Crippen LogP contribution in [0.25, 0.3) is 0 Å². The van der Waals surface area contributed by atoms with Gasteiger partial charge >= 0.3 is 0 Å². The second kappa shape index (κ2) is 5.99. The van der Waals surface area contributed by atoms with Gasteiger partial charge in [-0.2, -0.15) is 0 Å². The number of aliphatic hydroxyl groups is 1. The van der Waals surface area contributed by atoms with Gasteiger partial charge in [0.1, 0.15) is 5.69 Å². The van der Waals surface area contributed by atoms with Crippen LogP contribution >= 0.6 is 0 Å². The summed E-state index contributed by atoms with van der Waals surface area (Å²) in [5, 5.41) is 21.5. The molecule has 1 aliphatic rings. The number of likely N-dealkylation sites (tertiary alicyclic amines) is 1. The first-order valence-corrected chi connectivity index (χ1v) is 6.43. The summed E-state index contributed by atoms with van der Waals surface area (Å²) in [5.74, 6) is 0.371. The average Bonchev–Trinajstić information content (AvgIpc) is 2.42. The number of oxime groups is 1. The molecule has 0 amide bonds. The fraction of sp³-hybridized carbons (Fsp3) is 0.538. The quantitative estimate of drug-likeness (QED) is 0.317. The predicted molar refractivity (Wildman–Crippen MR) is 71.8 cm³/mol. The van der Waals surface area contributed by atoms with Crippen LogP contribution in [0.3, 0.4) is 0 Å². The molecule has 0 spiro atoms. The van der Waals surface area contributed by atoms with E-state index >= 15 is 0 Å². The third-order valence-corrected chi connectivity index (χ3v) is 3.60. The lowest BCUT2D eigenvalue weighted by molar-refractivity contribution is 0.0259. The normalized spacial score (nSPS) is 25.5. The fourth-order valence-electron chi connectivity index (χ4n) is 2.28. The zero-order chi connectivity index (χ0) is 13.8. The molecule has 0 aliphatic carbocycles. The van der Waals surface area contributed by atoms with Crippen molar-refractivity contribution in [1.82, 2.24) is 9.88 Å². The lowest BCUT2D eigenvalue weighted by atomic mass is 9.96. The molecule has 0 aromatic carbocycles. The summed E-state index contributed by atoms with van der Waals surface area (Å²) < 4.78 is 0. The maximum absolute atomic E-state index is 9.88. The molecule has 1 aromatic heterocycles. The lowest BCUT2D eigenvalue weighted by Gasteiger charge is -2.34. The monoisotopic (exact) mass is 264 g/mol. The van der Waals surface area contributed by atoms with Gasteiger partial charge < -0.3 is 16.0 Å². The molecule has 2 rings (SSSR count). The zero-order valence-corrected chi connectivity index (χ0v) is 11.0. The number of hydrogen-bond acceptors (Lipinski definition) is 5. The number of aromatic nitrogens is 1. The van der Waals surface area contributed by atoms with E-state index in [0.717, 1.165) is 25.1 Å². The topological polar surface area (TPSA) is 95.0 Å². The van der Waals surface area contributed by atoms with Crippen molar-refractivity contribution >= 4 is 5.84 Å². The molecule has 0 bridgehead atoms. The number of nitrogens with zero attached hydrogens (tertiary/aromatic N) is 3. The lowest BCUT2D eigenvalue weighted by Crippen LogP contribution is -2.42. The molecule has 6 heteroatoms. The average molecular weight is 264 g/mol. The van der Waals surface area contributed by atoms with Crippen LogP contribution < -0.4 is 5.73 Å². The Hall–Kier alpha value is -1.66. The summed E-state index contributed by atoms with van der Waals surface area (Å²) >= 11 is 0. The highest BCUT2D eigenvalue weighted by Crippen LogP contribution is 2.18. The summed E-state index contributed by atoms with van der Waals surface area (Å²) in [4.78, 5) is 6.25. The molecule has 1 aliphatic heterocycles. The van der Waals surface area contributed by atoms with Crippen LogP contribution in [0, 0.1) is 5.92 Å². The molecule has 0 radical (unpaired) electrons. The van der Waals surface area contributed by atoms with Crippen LogP contribution in [0.15, 0.2) is 23.5 Å². The number of hydrogen-bond donors (Lipinski definition) is 3. The van der Waals surface area contributed by atoms with E-state index in [4.69, 9.17) is 10.9 Å². The molecule has 1 saturated heterocycles. The highest BCUT2D eigenvalue weighted by Gasteiger charge is 2.24. The van der Waals surface area contributed by atoms with E-state index in [-0.39, 0.29) is 11.9 Å². The Labute approximate surface area is 112 Å². The Bertz CT molecular complexity index is 464. The van der Waals surface area contributed by atoms with Crippen LogP contribution in [0.2, 0.25) is 0 Å². The van der Waals surface area contributed by atoms with E-state index in [1.165, 1.54) is 0 Å². The maximum atomic E-state index is 9.88. The molecule has 6 nitrogen and oxygen atoms in total. The van der Waals surface area contributed by atoms with E-state index in [1.54, 1.807) is 12.3 Å². The summed E-state index contributed by atoms with van der Waals surface area (Å²) in [5.41, 5.74) is 7.02. The Balaban J connectivity index is 2.03. The highest BCUT2D eigenvalue weighted by atomic mass is 16.4. The van der Waals surface area contributed by atoms with E-state index in [0.29, 0.717) is 18.2 Å². The molecule has 0 saturated carbocycles. The first kappa shape index (κ1) is 13.8. The number of rotatable bonds is 3. The van der Waals surface area contributed by atoms with Gasteiger partial charge in [0, 0.05) is 19.3 Å². The minimum atomic E-state index is -0.265. The number of β-amino-alcohol motifs (C(OH)–C–C–N with tert-alkyl or cyclic N) is 1. The van der Waals surface area contributed by atoms with E-state index in [9.17, 15) is 5.11 Å². The number of aliphatic hydroxyl groups excluding tert-OH is 1. The van der Waals surface area contributed by atoms with Crippen molar-refractivity contribution in [2.24, 2.45) is 16.8 Å². The van der Waals surface area contributed by atoms with Crippen LogP contribution in [0.1, 0.15) is 24.6 Å². The Morgan fingerprint density at radius 3 is 3.11 bits per heavy atom. The van der Waals surface area contributed by atoms with Crippen molar-refractivity contribution in [3.05, 3.63) is 29.6 Å². The number of pyridine rings is 1. The second-order valence-corrected chi connectivity index (χ2v) is 5.10. The third-order valence-electron chi connectivity index (χ3n) is 3.60. The summed E-state index contributed by atoms with van der Waals surface area (Å²) in [6, 6.07) is 3.71. The van der Waals surface area contributed by atoms with Gasteiger partial charge in [0.25, 0.3) is 0 Å². The molecule has 2 atom stereocenters. The molecule has 1 aromatic rings. The zero-order valence-electron chi connectivity index (χ0n) is 11.0. The van der Waals surface area contributed by atoms with Crippen LogP contribution in [0.5, 0.6) is 0 Å². The minimum absolute atomic E-state index is 0.00847. The standard InChI is InChI=1S/C13H20N4O2/c1-9-3-5-17(8-12(9)18)7-10-2-4-15-11(6-10)13(14)16-19/h2,4,6,9,12,18-19H,3,5,7-8H2,1H3,(H2,14,16). The summed E-state index contributed by atoms with van der Waals surface area (Å²) in [6.45, 7) is 4.46. The third kappa shape index (κ3) is 3.42. The smallest absolute Gasteiger partial charge is 0.188 e. The summed E-state index contributed by atoms with van der Waals surface area (Å²) in [6.07, 6.45) is 2.38. The van der Waals surface area contributed by atoms with E-state index < -0.39 is 0 Å². The molecule has 4 N–H and O–H groups in total. The Kier molecular flexibility index (Phi) is 4.34. The van der Waals surface area contributed by atoms with Gasteiger partial charge in [0.15, 0.2) is 5.84 Å². The predicted octanol–water partition coefficient (Wildman–Crippen LogP) is 0.379. The number of amidine groups is 1. The first-order valence-electron chi connectivity index (χ1n) is 6.43. The Morgan fingerprint density at radius 2 is 2.42 bits per heavy atom. The number of nitrogens with two attached hydrogens (primary N) is 1. The maximum Gasteiger partial charge on any atom is 0.188 e. The second-order valence-electron chi connectivity index (χ2n) is 5.10. The van der Waals surface area contributed by atoms with Gasteiger partial charge in [-0.05, 0) is 36.6 Å².